The molecule has 2 rings (SSSR count). The van der Waals surface area contributed by atoms with Gasteiger partial charge >= 0.3 is 0 Å². The molecule has 1 heterocycles. The van der Waals surface area contributed by atoms with Crippen LogP contribution in [0.1, 0.15) is 84.5 Å². The molecule has 0 aliphatic carbocycles. The van der Waals surface area contributed by atoms with Gasteiger partial charge in [-0.3, -0.25) is 4.98 Å². The summed E-state index contributed by atoms with van der Waals surface area (Å²) in [6.07, 6.45) is 15.8. The summed E-state index contributed by atoms with van der Waals surface area (Å²) in [6.45, 7) is 6.06. The summed E-state index contributed by atoms with van der Waals surface area (Å²) in [5.74, 6) is 1.79. The second kappa shape index (κ2) is 14.9. The van der Waals surface area contributed by atoms with Gasteiger partial charge in [-0.15, -0.1) is 0 Å². The molecule has 0 fully saturated rings. The van der Waals surface area contributed by atoms with E-state index in [1.54, 1.807) is 0 Å². The highest BCUT2D eigenvalue weighted by molar-refractivity contribution is 5.60. The fourth-order valence-corrected chi connectivity index (χ4v) is 3.33. The maximum atomic E-state index is 5.86. The van der Waals surface area contributed by atoms with Gasteiger partial charge in [0.2, 0.25) is 0 Å². The van der Waals surface area contributed by atoms with Crippen LogP contribution in [-0.4, -0.2) is 18.2 Å². The molecule has 1 aromatic heterocycles. The number of benzene rings is 1. The van der Waals surface area contributed by atoms with Crippen molar-refractivity contribution in [1.82, 2.24) is 4.98 Å². The topological polar surface area (TPSA) is 31.4 Å². The van der Waals surface area contributed by atoms with E-state index >= 15 is 0 Å². The van der Waals surface area contributed by atoms with Crippen LogP contribution in [0.15, 0.2) is 42.6 Å². The first-order valence-corrected chi connectivity index (χ1v) is 11.7. The first kappa shape index (κ1) is 23.3. The molecule has 0 unspecified atom stereocenters. The van der Waals surface area contributed by atoms with E-state index in [0.29, 0.717) is 0 Å². The Morgan fingerprint density at radius 3 is 1.66 bits per heavy atom. The van der Waals surface area contributed by atoms with E-state index in [0.717, 1.165) is 48.8 Å². The van der Waals surface area contributed by atoms with Gasteiger partial charge in [0.15, 0.2) is 0 Å². The Kier molecular flexibility index (Phi) is 11.9. The van der Waals surface area contributed by atoms with E-state index < -0.39 is 0 Å². The zero-order valence-corrected chi connectivity index (χ0v) is 18.5. The highest BCUT2D eigenvalue weighted by Crippen LogP contribution is 2.23. The number of ether oxygens (including phenoxy) is 2. The lowest BCUT2D eigenvalue weighted by molar-refractivity contribution is 0.303. The van der Waals surface area contributed by atoms with E-state index in [-0.39, 0.29) is 0 Å². The lowest BCUT2D eigenvalue weighted by Crippen LogP contribution is -1.98. The van der Waals surface area contributed by atoms with Gasteiger partial charge in [-0.05, 0) is 49.2 Å². The average Bonchev–Trinajstić information content (AvgIpc) is 2.76. The van der Waals surface area contributed by atoms with Crippen LogP contribution in [-0.2, 0) is 0 Å². The molecule has 0 saturated carbocycles. The van der Waals surface area contributed by atoms with E-state index in [4.69, 9.17) is 9.47 Å². The summed E-state index contributed by atoms with van der Waals surface area (Å²) in [7, 11) is 0. The normalized spacial score (nSPS) is 10.8. The zero-order valence-electron chi connectivity index (χ0n) is 18.5. The molecule has 0 saturated heterocycles. The van der Waals surface area contributed by atoms with Crippen molar-refractivity contribution in [3.05, 3.63) is 42.6 Å². The molecule has 0 radical (unpaired) electrons. The van der Waals surface area contributed by atoms with Crippen molar-refractivity contribution in [1.29, 1.82) is 0 Å². The molecule has 29 heavy (non-hydrogen) atoms. The van der Waals surface area contributed by atoms with Crippen LogP contribution in [0.4, 0.5) is 0 Å². The van der Waals surface area contributed by atoms with Crippen molar-refractivity contribution >= 4 is 0 Å². The Morgan fingerprint density at radius 1 is 0.586 bits per heavy atom. The van der Waals surface area contributed by atoms with Crippen LogP contribution in [0.5, 0.6) is 11.5 Å². The minimum absolute atomic E-state index is 0.773. The summed E-state index contributed by atoms with van der Waals surface area (Å²) < 4.78 is 11.7. The third-order valence-corrected chi connectivity index (χ3v) is 5.17. The maximum absolute atomic E-state index is 5.86. The predicted molar refractivity (Wildman–Crippen MR) is 123 cm³/mol. The van der Waals surface area contributed by atoms with Gasteiger partial charge in [0.25, 0.3) is 0 Å². The second-order valence-electron chi connectivity index (χ2n) is 7.78. The summed E-state index contributed by atoms with van der Waals surface area (Å²) in [6, 6.07) is 12.3. The first-order valence-electron chi connectivity index (χ1n) is 11.7. The predicted octanol–water partition coefficient (Wildman–Crippen LogP) is 7.84. The molecular formula is C26H39NO2. The smallest absolute Gasteiger partial charge is 0.137 e. The summed E-state index contributed by atoms with van der Waals surface area (Å²) >= 11 is 0. The molecule has 3 heteroatoms. The number of hydrogen-bond acceptors (Lipinski definition) is 3. The number of aromatic nitrogens is 1. The van der Waals surface area contributed by atoms with E-state index in [2.05, 4.69) is 31.0 Å². The van der Waals surface area contributed by atoms with Gasteiger partial charge < -0.3 is 9.47 Å². The number of rotatable bonds is 16. The van der Waals surface area contributed by atoms with Crippen molar-refractivity contribution in [3.63, 3.8) is 0 Å². The summed E-state index contributed by atoms with van der Waals surface area (Å²) in [4.78, 5) is 4.55. The number of pyridine rings is 1. The maximum Gasteiger partial charge on any atom is 0.137 e. The van der Waals surface area contributed by atoms with Crippen LogP contribution >= 0.6 is 0 Å². The minimum atomic E-state index is 0.773. The van der Waals surface area contributed by atoms with Crippen LogP contribution in [0, 0.1) is 0 Å². The quantitative estimate of drug-likeness (QED) is 0.270. The van der Waals surface area contributed by atoms with Crippen molar-refractivity contribution in [2.45, 2.75) is 84.5 Å². The number of nitrogens with zero attached hydrogens (tertiary/aromatic N) is 1. The average molecular weight is 398 g/mol. The van der Waals surface area contributed by atoms with Crippen molar-refractivity contribution < 1.29 is 9.47 Å². The van der Waals surface area contributed by atoms with Gasteiger partial charge in [-0.2, -0.15) is 0 Å². The molecular weight excluding hydrogens is 358 g/mol. The molecule has 0 spiro atoms. The van der Waals surface area contributed by atoms with E-state index in [9.17, 15) is 0 Å². The fraction of sp³-hybridized carbons (Fsp3) is 0.577. The zero-order chi connectivity index (χ0) is 20.6. The molecule has 0 aliphatic rings. The van der Waals surface area contributed by atoms with Crippen LogP contribution in [0.25, 0.3) is 11.3 Å². The Bertz CT molecular complexity index is 637. The lowest BCUT2D eigenvalue weighted by atomic mass is 10.1. The largest absolute Gasteiger partial charge is 0.494 e. The number of hydrogen-bond donors (Lipinski definition) is 0. The van der Waals surface area contributed by atoms with Crippen molar-refractivity contribution in [2.24, 2.45) is 0 Å². The third kappa shape index (κ3) is 9.83. The van der Waals surface area contributed by atoms with Gasteiger partial charge in [0, 0.05) is 5.56 Å². The minimum Gasteiger partial charge on any atom is -0.494 e. The first-order chi connectivity index (χ1) is 14.3. The van der Waals surface area contributed by atoms with Gasteiger partial charge in [0.05, 0.1) is 25.1 Å². The Morgan fingerprint density at radius 2 is 1.10 bits per heavy atom. The molecule has 3 nitrogen and oxygen atoms in total. The lowest BCUT2D eigenvalue weighted by Gasteiger charge is -2.08. The monoisotopic (exact) mass is 397 g/mol. The highest BCUT2D eigenvalue weighted by atomic mass is 16.5. The van der Waals surface area contributed by atoms with Crippen LogP contribution in [0.2, 0.25) is 0 Å². The molecule has 0 aliphatic heterocycles. The van der Waals surface area contributed by atoms with Gasteiger partial charge in [0.1, 0.15) is 11.5 Å². The molecule has 0 amide bonds. The fourth-order valence-electron chi connectivity index (χ4n) is 3.33. The molecule has 160 valence electrons. The van der Waals surface area contributed by atoms with Crippen molar-refractivity contribution in [2.75, 3.05) is 13.2 Å². The van der Waals surface area contributed by atoms with Gasteiger partial charge in [-0.25, -0.2) is 0 Å². The van der Waals surface area contributed by atoms with Crippen LogP contribution < -0.4 is 9.47 Å². The van der Waals surface area contributed by atoms with E-state index in [1.165, 1.54) is 57.8 Å². The summed E-state index contributed by atoms with van der Waals surface area (Å²) in [5, 5.41) is 0. The molecule has 2 aromatic rings. The highest BCUT2D eigenvalue weighted by Gasteiger charge is 2.02. The molecule has 1 aromatic carbocycles. The standard InChI is InChI=1S/C26H39NO2/c1-3-5-7-9-11-13-20-28-24-16-14-23(15-17-24)26-19-18-25(22-27-26)29-21-12-10-8-6-4-2/h14-19,22H,3-13,20-21H2,1-2H3. The van der Waals surface area contributed by atoms with Crippen LogP contribution in [0.3, 0.4) is 0 Å². The second-order valence-corrected chi connectivity index (χ2v) is 7.78. The third-order valence-electron chi connectivity index (χ3n) is 5.17. The van der Waals surface area contributed by atoms with Crippen molar-refractivity contribution in [3.8, 4) is 22.8 Å². The molecule has 0 bridgehead atoms. The molecule has 0 N–H and O–H groups in total. The van der Waals surface area contributed by atoms with E-state index in [1.807, 2.05) is 30.5 Å². The molecule has 0 atom stereocenters. The Balaban J connectivity index is 1.68. The Hall–Kier alpha value is -2.03. The number of unbranched alkanes of at least 4 members (excludes halogenated alkanes) is 9. The Labute approximate surface area is 177 Å². The SMILES string of the molecule is CCCCCCCCOc1ccc(-c2ccc(OCCCCCCC)cn2)cc1. The summed E-state index contributed by atoms with van der Waals surface area (Å²) in [5.41, 5.74) is 2.06. The van der Waals surface area contributed by atoms with Gasteiger partial charge in [-0.1, -0.05) is 71.6 Å².